The summed E-state index contributed by atoms with van der Waals surface area (Å²) >= 11 is 0. The van der Waals surface area contributed by atoms with E-state index in [4.69, 9.17) is 4.74 Å². The van der Waals surface area contributed by atoms with E-state index >= 15 is 0 Å². The summed E-state index contributed by atoms with van der Waals surface area (Å²) < 4.78 is 5.46. The molecule has 0 aliphatic heterocycles. The highest BCUT2D eigenvalue weighted by atomic mass is 16.5. The molecule has 0 bridgehead atoms. The topological polar surface area (TPSA) is 21.3 Å². The van der Waals surface area contributed by atoms with Gasteiger partial charge in [0, 0.05) is 13.7 Å². The lowest BCUT2D eigenvalue weighted by Crippen LogP contribution is -2.39. The van der Waals surface area contributed by atoms with Crippen LogP contribution >= 0.6 is 0 Å². The van der Waals surface area contributed by atoms with Crippen LogP contribution in [-0.4, -0.2) is 26.3 Å². The Morgan fingerprint density at radius 3 is 2.50 bits per heavy atom. The molecule has 2 heteroatoms. The third-order valence-electron chi connectivity index (χ3n) is 3.96. The molecule has 1 saturated carbocycles. The van der Waals surface area contributed by atoms with E-state index < -0.39 is 0 Å². The van der Waals surface area contributed by atoms with Crippen molar-refractivity contribution < 1.29 is 4.74 Å². The first-order valence-electron chi connectivity index (χ1n) is 6.96. The molecule has 96 valence electrons. The first-order chi connectivity index (χ1) is 7.72. The lowest BCUT2D eigenvalue weighted by atomic mass is 9.70. The van der Waals surface area contributed by atoms with Crippen LogP contribution in [0.5, 0.6) is 0 Å². The molecule has 16 heavy (non-hydrogen) atoms. The molecule has 0 heterocycles. The summed E-state index contributed by atoms with van der Waals surface area (Å²) in [5, 5.41) is 3.62. The van der Waals surface area contributed by atoms with Crippen molar-refractivity contribution in [2.24, 2.45) is 5.41 Å². The van der Waals surface area contributed by atoms with Gasteiger partial charge >= 0.3 is 0 Å². The molecule has 0 aromatic heterocycles. The largest absolute Gasteiger partial charge is 0.382 e. The Hall–Kier alpha value is -0.0800. The fourth-order valence-corrected chi connectivity index (χ4v) is 2.98. The third-order valence-corrected chi connectivity index (χ3v) is 3.96. The molecular formula is C14H29NO. The average Bonchev–Trinajstić information content (AvgIpc) is 2.30. The summed E-state index contributed by atoms with van der Waals surface area (Å²) in [5.74, 6) is 0. The van der Waals surface area contributed by atoms with Gasteiger partial charge in [0.2, 0.25) is 0 Å². The van der Waals surface area contributed by atoms with Crippen molar-refractivity contribution in [2.75, 3.05) is 20.2 Å². The molecule has 0 aromatic rings. The van der Waals surface area contributed by atoms with Crippen molar-refractivity contribution in [3.05, 3.63) is 0 Å². The predicted molar refractivity (Wildman–Crippen MR) is 69.8 cm³/mol. The zero-order valence-electron chi connectivity index (χ0n) is 11.3. The van der Waals surface area contributed by atoms with Gasteiger partial charge in [-0.3, -0.25) is 0 Å². The Balaban J connectivity index is 2.45. The smallest absolute Gasteiger partial charge is 0.0549 e. The van der Waals surface area contributed by atoms with Gasteiger partial charge < -0.3 is 10.1 Å². The maximum Gasteiger partial charge on any atom is 0.0549 e. The minimum absolute atomic E-state index is 0.404. The summed E-state index contributed by atoms with van der Waals surface area (Å²) in [6.45, 7) is 6.78. The number of nitrogens with one attached hydrogen (secondary N) is 1. The SMILES string of the molecule is CCCNCC1(CC(C)OC)CCCCC1. The lowest BCUT2D eigenvalue weighted by molar-refractivity contribution is 0.0451. The predicted octanol–water partition coefficient (Wildman–Crippen LogP) is 3.36. The van der Waals surface area contributed by atoms with Crippen LogP contribution in [0.25, 0.3) is 0 Å². The van der Waals surface area contributed by atoms with Crippen LogP contribution in [0, 0.1) is 5.41 Å². The highest BCUT2D eigenvalue weighted by Crippen LogP contribution is 2.40. The normalized spacial score (nSPS) is 21.9. The zero-order chi connectivity index (χ0) is 11.9. The van der Waals surface area contributed by atoms with Gasteiger partial charge in [0.25, 0.3) is 0 Å². The van der Waals surface area contributed by atoms with Crippen LogP contribution in [0.4, 0.5) is 0 Å². The van der Waals surface area contributed by atoms with Gasteiger partial charge in [0.05, 0.1) is 6.10 Å². The van der Waals surface area contributed by atoms with Crippen molar-refractivity contribution in [3.63, 3.8) is 0 Å². The minimum atomic E-state index is 0.404. The van der Waals surface area contributed by atoms with Crippen LogP contribution in [0.15, 0.2) is 0 Å². The molecular weight excluding hydrogens is 198 g/mol. The molecule has 0 radical (unpaired) electrons. The first-order valence-corrected chi connectivity index (χ1v) is 6.96. The molecule has 1 atom stereocenters. The van der Waals surface area contributed by atoms with Crippen molar-refractivity contribution in [1.29, 1.82) is 0 Å². The van der Waals surface area contributed by atoms with E-state index in [1.165, 1.54) is 51.5 Å². The monoisotopic (exact) mass is 227 g/mol. The second kappa shape index (κ2) is 7.29. The Bertz CT molecular complexity index is 176. The van der Waals surface area contributed by atoms with E-state index in [1.54, 1.807) is 0 Å². The molecule has 0 spiro atoms. The summed E-state index contributed by atoms with van der Waals surface area (Å²) in [4.78, 5) is 0. The number of hydrogen-bond acceptors (Lipinski definition) is 2. The minimum Gasteiger partial charge on any atom is -0.382 e. The standard InChI is InChI=1S/C14H29NO/c1-4-10-15-12-14(11-13(2)16-3)8-6-5-7-9-14/h13,15H,4-12H2,1-3H3. The van der Waals surface area contributed by atoms with Gasteiger partial charge in [-0.2, -0.15) is 0 Å². The average molecular weight is 227 g/mol. The fraction of sp³-hybridized carbons (Fsp3) is 1.00. The Labute approximate surface area is 101 Å². The molecule has 1 aliphatic rings. The van der Waals surface area contributed by atoms with E-state index in [0.29, 0.717) is 11.5 Å². The van der Waals surface area contributed by atoms with Gasteiger partial charge in [0.15, 0.2) is 0 Å². The van der Waals surface area contributed by atoms with Crippen LogP contribution < -0.4 is 5.32 Å². The molecule has 2 nitrogen and oxygen atoms in total. The van der Waals surface area contributed by atoms with Crippen LogP contribution in [0.2, 0.25) is 0 Å². The second-order valence-corrected chi connectivity index (χ2v) is 5.49. The Morgan fingerprint density at radius 1 is 1.25 bits per heavy atom. The van der Waals surface area contributed by atoms with Crippen molar-refractivity contribution in [2.45, 2.75) is 64.9 Å². The number of hydrogen-bond donors (Lipinski definition) is 1. The van der Waals surface area contributed by atoms with Gasteiger partial charge in [-0.15, -0.1) is 0 Å². The summed E-state index contributed by atoms with van der Waals surface area (Å²) in [7, 11) is 1.83. The maximum atomic E-state index is 5.46. The van der Waals surface area contributed by atoms with Crippen LogP contribution in [0.1, 0.15) is 58.8 Å². The van der Waals surface area contributed by atoms with Gasteiger partial charge in [-0.25, -0.2) is 0 Å². The van der Waals surface area contributed by atoms with Gasteiger partial charge in [-0.1, -0.05) is 26.2 Å². The summed E-state index contributed by atoms with van der Waals surface area (Å²) in [6.07, 6.45) is 9.87. The second-order valence-electron chi connectivity index (χ2n) is 5.49. The zero-order valence-corrected chi connectivity index (χ0v) is 11.3. The van der Waals surface area contributed by atoms with Crippen LogP contribution in [0.3, 0.4) is 0 Å². The van der Waals surface area contributed by atoms with Gasteiger partial charge in [-0.05, 0) is 44.6 Å². The maximum absolute atomic E-state index is 5.46. The third kappa shape index (κ3) is 4.42. The summed E-state index contributed by atoms with van der Waals surface area (Å²) in [6, 6.07) is 0. The molecule has 1 unspecified atom stereocenters. The van der Waals surface area contributed by atoms with E-state index in [9.17, 15) is 0 Å². The van der Waals surface area contributed by atoms with Crippen molar-refractivity contribution in [3.8, 4) is 0 Å². The van der Waals surface area contributed by atoms with Gasteiger partial charge in [0.1, 0.15) is 0 Å². The molecule has 1 N–H and O–H groups in total. The molecule has 1 fully saturated rings. The number of rotatable bonds is 7. The molecule has 0 amide bonds. The molecule has 0 aromatic carbocycles. The highest BCUT2D eigenvalue weighted by Gasteiger charge is 2.33. The van der Waals surface area contributed by atoms with Crippen molar-refractivity contribution >= 4 is 0 Å². The van der Waals surface area contributed by atoms with E-state index in [-0.39, 0.29) is 0 Å². The van der Waals surface area contributed by atoms with Crippen molar-refractivity contribution in [1.82, 2.24) is 5.32 Å². The fourth-order valence-electron chi connectivity index (χ4n) is 2.98. The van der Waals surface area contributed by atoms with E-state index in [2.05, 4.69) is 19.2 Å². The van der Waals surface area contributed by atoms with E-state index in [0.717, 1.165) is 6.54 Å². The Kier molecular flexibility index (Phi) is 6.37. The molecule has 1 aliphatic carbocycles. The Morgan fingerprint density at radius 2 is 1.94 bits per heavy atom. The molecule has 0 saturated heterocycles. The molecule has 1 rings (SSSR count). The number of ether oxygens (including phenoxy) is 1. The number of methoxy groups -OCH3 is 1. The van der Waals surface area contributed by atoms with Crippen LogP contribution in [-0.2, 0) is 4.74 Å². The first kappa shape index (κ1) is 14.0. The highest BCUT2D eigenvalue weighted by molar-refractivity contribution is 4.86. The summed E-state index contributed by atoms with van der Waals surface area (Å²) in [5.41, 5.74) is 0.517. The lowest BCUT2D eigenvalue weighted by Gasteiger charge is -2.39. The van der Waals surface area contributed by atoms with E-state index in [1.807, 2.05) is 7.11 Å². The quantitative estimate of drug-likeness (QED) is 0.673.